The Labute approximate surface area is 174 Å². The van der Waals surface area contributed by atoms with Crippen LogP contribution in [0.25, 0.3) is 0 Å². The molecular weight excluding hydrogens is 381 g/mol. The summed E-state index contributed by atoms with van der Waals surface area (Å²) < 4.78 is 0. The van der Waals surface area contributed by atoms with Gasteiger partial charge in [0, 0.05) is 55.9 Å². The highest BCUT2D eigenvalue weighted by atomic mass is 35.5. The average molecular weight is 414 g/mol. The first-order valence-corrected chi connectivity index (χ1v) is 10.5. The van der Waals surface area contributed by atoms with Gasteiger partial charge in [0.25, 0.3) is 0 Å². The fourth-order valence-corrected chi connectivity index (χ4v) is 3.80. The van der Waals surface area contributed by atoms with Crippen LogP contribution in [0.2, 0.25) is 10.0 Å². The summed E-state index contributed by atoms with van der Waals surface area (Å²) in [6.07, 6.45) is 0. The molecule has 0 aromatic heterocycles. The molecule has 0 radical (unpaired) electrons. The van der Waals surface area contributed by atoms with E-state index >= 15 is 0 Å². The highest BCUT2D eigenvalue weighted by Crippen LogP contribution is 2.26. The first-order valence-electron chi connectivity index (χ1n) is 9.79. The molecule has 0 saturated carbocycles. The Morgan fingerprint density at radius 2 is 1.89 bits per heavy atom. The highest BCUT2D eigenvalue weighted by molar-refractivity contribution is 6.35. The second kappa shape index (κ2) is 11.1. The summed E-state index contributed by atoms with van der Waals surface area (Å²) in [4.78, 5) is 9.72. The standard InChI is InChI=1S/C20H33Cl2N5/c1-5-23-20(25-16(3)18-7-6-17(21)12-19(18)22)24-13-15(2)14-27-10-8-26(4)9-11-27/h6-7,12,15-16H,5,8-11,13-14H2,1-4H3,(H2,23,24,25). The minimum absolute atomic E-state index is 0.0421. The lowest BCUT2D eigenvalue weighted by Crippen LogP contribution is -2.46. The van der Waals surface area contributed by atoms with Gasteiger partial charge in [0.05, 0.1) is 6.04 Å². The molecule has 7 heteroatoms. The summed E-state index contributed by atoms with van der Waals surface area (Å²) in [5.74, 6) is 1.33. The Morgan fingerprint density at radius 1 is 1.19 bits per heavy atom. The van der Waals surface area contributed by atoms with Crippen LogP contribution in [0.1, 0.15) is 32.4 Å². The molecule has 0 aliphatic carbocycles. The fraction of sp³-hybridized carbons (Fsp3) is 0.650. The lowest BCUT2D eigenvalue weighted by molar-refractivity contribution is 0.140. The molecule has 152 valence electrons. The van der Waals surface area contributed by atoms with Crippen LogP contribution in [-0.4, -0.2) is 68.6 Å². The lowest BCUT2D eigenvalue weighted by Gasteiger charge is -2.33. The molecule has 27 heavy (non-hydrogen) atoms. The largest absolute Gasteiger partial charge is 0.357 e. The van der Waals surface area contributed by atoms with Gasteiger partial charge in [-0.1, -0.05) is 36.2 Å². The maximum absolute atomic E-state index is 6.34. The van der Waals surface area contributed by atoms with E-state index < -0.39 is 0 Å². The molecule has 2 rings (SSSR count). The normalized spacial score (nSPS) is 19.0. The number of aliphatic imine (C=N–C) groups is 1. The van der Waals surface area contributed by atoms with Crippen LogP contribution in [0.5, 0.6) is 0 Å². The number of guanidine groups is 1. The van der Waals surface area contributed by atoms with E-state index in [0.29, 0.717) is 16.0 Å². The molecule has 0 bridgehead atoms. The van der Waals surface area contributed by atoms with Gasteiger partial charge < -0.3 is 20.4 Å². The van der Waals surface area contributed by atoms with Crippen molar-refractivity contribution in [2.45, 2.75) is 26.8 Å². The number of hydrogen-bond donors (Lipinski definition) is 2. The molecule has 1 aliphatic rings. The van der Waals surface area contributed by atoms with E-state index in [-0.39, 0.29) is 6.04 Å². The second-order valence-electron chi connectivity index (χ2n) is 7.46. The highest BCUT2D eigenvalue weighted by Gasteiger charge is 2.16. The van der Waals surface area contributed by atoms with Crippen LogP contribution in [0, 0.1) is 5.92 Å². The summed E-state index contributed by atoms with van der Waals surface area (Å²) in [5, 5.41) is 8.09. The number of benzene rings is 1. The monoisotopic (exact) mass is 413 g/mol. The minimum atomic E-state index is 0.0421. The zero-order chi connectivity index (χ0) is 19.8. The van der Waals surface area contributed by atoms with Crippen LogP contribution in [-0.2, 0) is 0 Å². The van der Waals surface area contributed by atoms with Crippen LogP contribution in [0.4, 0.5) is 0 Å². The molecule has 5 nitrogen and oxygen atoms in total. The summed E-state index contributed by atoms with van der Waals surface area (Å²) in [6.45, 7) is 13.7. The fourth-order valence-electron chi connectivity index (χ4n) is 3.23. The van der Waals surface area contributed by atoms with Gasteiger partial charge in [0.1, 0.15) is 0 Å². The van der Waals surface area contributed by atoms with Crippen molar-refractivity contribution >= 4 is 29.2 Å². The zero-order valence-corrected chi connectivity index (χ0v) is 18.4. The SMILES string of the molecule is CCNC(=NCC(C)CN1CCN(C)CC1)NC(C)c1ccc(Cl)cc1Cl. The topological polar surface area (TPSA) is 42.9 Å². The average Bonchev–Trinajstić information content (AvgIpc) is 2.61. The molecule has 0 amide bonds. The van der Waals surface area contributed by atoms with Crippen molar-refractivity contribution < 1.29 is 0 Å². The molecule has 1 fully saturated rings. The van der Waals surface area contributed by atoms with Crippen molar-refractivity contribution in [2.24, 2.45) is 10.9 Å². The van der Waals surface area contributed by atoms with Gasteiger partial charge in [0.2, 0.25) is 0 Å². The van der Waals surface area contributed by atoms with Crippen LogP contribution in [0.3, 0.4) is 0 Å². The third-order valence-electron chi connectivity index (χ3n) is 4.85. The number of nitrogens with one attached hydrogen (secondary N) is 2. The van der Waals surface area contributed by atoms with Gasteiger partial charge in [-0.25, -0.2) is 0 Å². The molecule has 2 N–H and O–H groups in total. The quantitative estimate of drug-likeness (QED) is 0.530. The molecule has 1 aromatic rings. The number of hydrogen-bond acceptors (Lipinski definition) is 3. The number of likely N-dealkylation sites (N-methyl/N-ethyl adjacent to an activating group) is 1. The predicted molar refractivity (Wildman–Crippen MR) is 117 cm³/mol. The van der Waals surface area contributed by atoms with Crippen LogP contribution >= 0.6 is 23.2 Å². The Hall–Kier alpha value is -1.01. The van der Waals surface area contributed by atoms with E-state index in [4.69, 9.17) is 28.2 Å². The van der Waals surface area contributed by atoms with Crippen molar-refractivity contribution in [3.8, 4) is 0 Å². The molecule has 1 aliphatic heterocycles. The predicted octanol–water partition coefficient (Wildman–Crippen LogP) is 3.49. The van der Waals surface area contributed by atoms with Crippen molar-refractivity contribution in [1.82, 2.24) is 20.4 Å². The first kappa shape index (κ1) is 22.3. The van der Waals surface area contributed by atoms with Gasteiger partial charge >= 0.3 is 0 Å². The minimum Gasteiger partial charge on any atom is -0.357 e. The Kier molecular flexibility index (Phi) is 9.16. The van der Waals surface area contributed by atoms with Crippen LogP contribution < -0.4 is 10.6 Å². The van der Waals surface area contributed by atoms with Gasteiger partial charge in [-0.3, -0.25) is 4.99 Å². The van der Waals surface area contributed by atoms with E-state index in [1.165, 1.54) is 0 Å². The van der Waals surface area contributed by atoms with E-state index in [0.717, 1.165) is 57.3 Å². The summed E-state index contributed by atoms with van der Waals surface area (Å²) in [7, 11) is 2.19. The summed E-state index contributed by atoms with van der Waals surface area (Å²) in [5.41, 5.74) is 1.01. The molecule has 1 aromatic carbocycles. The lowest BCUT2D eigenvalue weighted by atomic mass is 10.1. The van der Waals surface area contributed by atoms with Gasteiger partial charge in [-0.15, -0.1) is 0 Å². The molecule has 2 unspecified atom stereocenters. The van der Waals surface area contributed by atoms with E-state index in [1.54, 1.807) is 6.07 Å². The maximum Gasteiger partial charge on any atom is 0.191 e. The second-order valence-corrected chi connectivity index (χ2v) is 8.30. The number of rotatable bonds is 7. The molecule has 2 atom stereocenters. The van der Waals surface area contributed by atoms with Crippen molar-refractivity contribution in [2.75, 3.05) is 52.9 Å². The Bertz CT molecular complexity index is 614. The van der Waals surface area contributed by atoms with Crippen molar-refractivity contribution in [3.63, 3.8) is 0 Å². The van der Waals surface area contributed by atoms with Gasteiger partial charge in [-0.05, 0) is 44.5 Å². The number of piperazine rings is 1. The van der Waals surface area contributed by atoms with Crippen LogP contribution in [0.15, 0.2) is 23.2 Å². The van der Waals surface area contributed by atoms with Gasteiger partial charge in [-0.2, -0.15) is 0 Å². The third-order valence-corrected chi connectivity index (χ3v) is 5.42. The maximum atomic E-state index is 6.34. The van der Waals surface area contributed by atoms with Crippen molar-refractivity contribution in [3.05, 3.63) is 33.8 Å². The van der Waals surface area contributed by atoms with Crippen molar-refractivity contribution in [1.29, 1.82) is 0 Å². The summed E-state index contributed by atoms with van der Waals surface area (Å²) >= 11 is 12.3. The van der Waals surface area contributed by atoms with Gasteiger partial charge in [0.15, 0.2) is 5.96 Å². The number of nitrogens with zero attached hydrogens (tertiary/aromatic N) is 3. The smallest absolute Gasteiger partial charge is 0.191 e. The van der Waals surface area contributed by atoms with E-state index in [2.05, 4.69) is 48.3 Å². The molecule has 1 heterocycles. The summed E-state index contributed by atoms with van der Waals surface area (Å²) in [6, 6.07) is 5.64. The van der Waals surface area contributed by atoms with E-state index in [1.807, 2.05) is 12.1 Å². The van der Waals surface area contributed by atoms with E-state index in [9.17, 15) is 0 Å². The molecule has 1 saturated heterocycles. The molecular formula is C20H33Cl2N5. The first-order chi connectivity index (χ1) is 12.9. The Balaban J connectivity index is 1.90. The Morgan fingerprint density at radius 3 is 2.52 bits per heavy atom. The third kappa shape index (κ3) is 7.49. The zero-order valence-electron chi connectivity index (χ0n) is 16.9. The number of halogens is 2. The molecule has 0 spiro atoms.